The highest BCUT2D eigenvalue weighted by Gasteiger charge is 2.70. The SMILES string of the molecule is CC1(C)[C@H](O)CC[C@@]2(C)[C@@H]1CC[C@]1(C)[C@@H]2C(=O)C=C2[C@@H]3C[C@@](C)(C(=O)[O-])CC[C@]3(C)CC[C@]21C. The minimum atomic E-state index is -0.940. The second-order valence-corrected chi connectivity index (χ2v) is 14.9. The van der Waals surface area contributed by atoms with Crippen LogP contribution in [0.25, 0.3) is 0 Å². The first-order valence-electron chi connectivity index (χ1n) is 13.7. The van der Waals surface area contributed by atoms with Crippen molar-refractivity contribution in [2.24, 2.45) is 50.2 Å². The van der Waals surface area contributed by atoms with Crippen molar-refractivity contribution in [3.8, 4) is 0 Å². The van der Waals surface area contributed by atoms with Crippen LogP contribution in [0.3, 0.4) is 0 Å². The van der Waals surface area contributed by atoms with Crippen LogP contribution in [0.5, 0.6) is 0 Å². The third-order valence-corrected chi connectivity index (χ3v) is 13.0. The number of ketones is 1. The number of aliphatic hydroxyl groups excluding tert-OH is 1. The number of rotatable bonds is 1. The van der Waals surface area contributed by atoms with Gasteiger partial charge in [-0.1, -0.05) is 54.0 Å². The van der Waals surface area contributed by atoms with E-state index in [4.69, 9.17) is 0 Å². The van der Waals surface area contributed by atoms with Gasteiger partial charge in [0.05, 0.1) is 6.10 Å². The van der Waals surface area contributed by atoms with Crippen LogP contribution in [0.4, 0.5) is 0 Å². The molecule has 5 rings (SSSR count). The number of hydrogen-bond acceptors (Lipinski definition) is 4. The third-order valence-electron chi connectivity index (χ3n) is 13.0. The zero-order valence-corrected chi connectivity index (χ0v) is 22.4. The monoisotopic (exact) mass is 469 g/mol. The first-order valence-corrected chi connectivity index (χ1v) is 13.7. The van der Waals surface area contributed by atoms with E-state index in [1.165, 1.54) is 5.57 Å². The van der Waals surface area contributed by atoms with Gasteiger partial charge in [0, 0.05) is 17.3 Å². The Morgan fingerprint density at radius 1 is 0.941 bits per heavy atom. The molecule has 0 bridgehead atoms. The van der Waals surface area contributed by atoms with E-state index in [0.29, 0.717) is 18.8 Å². The van der Waals surface area contributed by atoms with Gasteiger partial charge >= 0.3 is 0 Å². The molecular formula is C30H45O4-. The summed E-state index contributed by atoms with van der Waals surface area (Å²) in [6.45, 7) is 15.7. The largest absolute Gasteiger partial charge is 0.550 e. The summed E-state index contributed by atoms with van der Waals surface area (Å²) in [7, 11) is 0. The van der Waals surface area contributed by atoms with Crippen LogP contribution in [-0.4, -0.2) is 23.0 Å². The van der Waals surface area contributed by atoms with Gasteiger partial charge in [-0.3, -0.25) is 4.79 Å². The summed E-state index contributed by atoms with van der Waals surface area (Å²) in [5, 5.41) is 23.0. The molecule has 4 nitrogen and oxygen atoms in total. The van der Waals surface area contributed by atoms with Crippen LogP contribution in [-0.2, 0) is 9.59 Å². The quantitative estimate of drug-likeness (QED) is 0.581. The molecule has 1 N–H and O–H groups in total. The molecule has 0 radical (unpaired) electrons. The first-order chi connectivity index (χ1) is 15.6. The lowest BCUT2D eigenvalue weighted by molar-refractivity contribution is -0.321. The number of carboxylic acids is 1. The van der Waals surface area contributed by atoms with Crippen molar-refractivity contribution in [2.75, 3.05) is 0 Å². The zero-order valence-electron chi connectivity index (χ0n) is 22.4. The molecule has 4 saturated carbocycles. The van der Waals surface area contributed by atoms with Crippen LogP contribution in [0.15, 0.2) is 11.6 Å². The van der Waals surface area contributed by atoms with E-state index in [1.54, 1.807) is 0 Å². The first kappa shape index (κ1) is 24.5. The molecule has 190 valence electrons. The molecule has 5 aliphatic rings. The second kappa shape index (κ2) is 6.99. The summed E-state index contributed by atoms with van der Waals surface area (Å²) < 4.78 is 0. The van der Waals surface area contributed by atoms with E-state index in [2.05, 4.69) is 41.5 Å². The Kier molecular flexibility index (Phi) is 5.04. The fourth-order valence-corrected chi connectivity index (χ4v) is 10.4. The molecule has 0 aromatic rings. The Hall–Kier alpha value is -1.16. The number of carboxylic acid groups (broad SMARTS) is 1. The molecule has 0 amide bonds. The van der Waals surface area contributed by atoms with Gasteiger partial charge in [-0.05, 0) is 103 Å². The van der Waals surface area contributed by atoms with E-state index >= 15 is 0 Å². The lowest BCUT2D eigenvalue weighted by Gasteiger charge is -2.70. The Morgan fingerprint density at radius 2 is 1.59 bits per heavy atom. The van der Waals surface area contributed by atoms with Crippen LogP contribution in [0.1, 0.15) is 106 Å². The van der Waals surface area contributed by atoms with Crippen molar-refractivity contribution in [3.05, 3.63) is 11.6 Å². The average molecular weight is 470 g/mol. The van der Waals surface area contributed by atoms with Crippen molar-refractivity contribution in [2.45, 2.75) is 112 Å². The Morgan fingerprint density at radius 3 is 2.24 bits per heavy atom. The molecule has 0 unspecified atom stereocenters. The molecule has 4 heteroatoms. The lowest BCUT2D eigenvalue weighted by Crippen LogP contribution is -2.66. The van der Waals surface area contributed by atoms with Crippen molar-refractivity contribution in [1.82, 2.24) is 0 Å². The molecular weight excluding hydrogens is 424 g/mol. The molecule has 0 heterocycles. The molecule has 0 aromatic heterocycles. The zero-order chi connectivity index (χ0) is 25.1. The molecule has 5 aliphatic carbocycles. The Bertz CT molecular complexity index is 965. The maximum absolute atomic E-state index is 14.2. The summed E-state index contributed by atoms with van der Waals surface area (Å²) in [6, 6.07) is 0. The highest BCUT2D eigenvalue weighted by molar-refractivity contribution is 5.95. The van der Waals surface area contributed by atoms with Gasteiger partial charge < -0.3 is 15.0 Å². The third kappa shape index (κ3) is 2.81. The van der Waals surface area contributed by atoms with E-state index in [9.17, 15) is 19.8 Å². The summed E-state index contributed by atoms with van der Waals surface area (Å²) in [5.41, 5.74) is -0.0781. The topological polar surface area (TPSA) is 77.4 Å². The van der Waals surface area contributed by atoms with Crippen LogP contribution in [0.2, 0.25) is 0 Å². The van der Waals surface area contributed by atoms with Crippen LogP contribution >= 0.6 is 0 Å². The maximum Gasteiger partial charge on any atom is 0.159 e. The second-order valence-electron chi connectivity index (χ2n) is 14.9. The number of carbonyl (C=O) groups is 2. The summed E-state index contributed by atoms with van der Waals surface area (Å²) in [6.07, 6.45) is 9.69. The number of fused-ring (bicyclic) bond motifs is 7. The number of hydrogen-bond donors (Lipinski definition) is 1. The average Bonchev–Trinajstić information content (AvgIpc) is 2.73. The number of allylic oxidation sites excluding steroid dienone is 2. The smallest absolute Gasteiger partial charge is 0.159 e. The molecule has 0 saturated heterocycles. The fourth-order valence-electron chi connectivity index (χ4n) is 10.4. The van der Waals surface area contributed by atoms with Crippen molar-refractivity contribution < 1.29 is 19.8 Å². The van der Waals surface area contributed by atoms with Gasteiger partial charge in [-0.25, -0.2) is 0 Å². The molecule has 0 spiro atoms. The predicted molar refractivity (Wildman–Crippen MR) is 130 cm³/mol. The molecule has 4 fully saturated rings. The van der Waals surface area contributed by atoms with Crippen molar-refractivity contribution in [1.29, 1.82) is 0 Å². The van der Waals surface area contributed by atoms with E-state index in [1.807, 2.05) is 13.0 Å². The number of aliphatic hydroxyl groups is 1. The van der Waals surface area contributed by atoms with E-state index in [0.717, 1.165) is 44.9 Å². The molecule has 0 aliphatic heterocycles. The van der Waals surface area contributed by atoms with Crippen molar-refractivity contribution >= 4 is 11.8 Å². The highest BCUT2D eigenvalue weighted by atomic mass is 16.4. The summed E-state index contributed by atoms with van der Waals surface area (Å²) in [4.78, 5) is 26.3. The van der Waals surface area contributed by atoms with E-state index < -0.39 is 11.4 Å². The Balaban J connectivity index is 1.62. The van der Waals surface area contributed by atoms with Gasteiger partial charge in [0.15, 0.2) is 5.78 Å². The predicted octanol–water partition coefficient (Wildman–Crippen LogP) is 5.08. The summed E-state index contributed by atoms with van der Waals surface area (Å²) >= 11 is 0. The molecule has 9 atom stereocenters. The lowest BCUT2D eigenvalue weighted by atomic mass is 9.33. The standard InChI is InChI=1S/C30H46O4/c1-25(2)21-8-11-30(7)23(28(21,5)10-9-22(25)32)20(31)16-18-19-17-27(4,24(33)34)13-12-26(19,3)14-15-29(18,30)6/h16,19,21-23,32H,8-15,17H2,1-7H3,(H,33,34)/p-1/t19-,21+,22+,23+,26+,27-,28-,29+,30+/m0/s1. The van der Waals surface area contributed by atoms with Crippen LogP contribution in [0, 0.1) is 50.2 Å². The van der Waals surface area contributed by atoms with Gasteiger partial charge in [0.1, 0.15) is 0 Å². The van der Waals surface area contributed by atoms with Gasteiger partial charge in [0.2, 0.25) is 0 Å². The number of carbonyl (C=O) groups excluding carboxylic acids is 2. The highest BCUT2D eigenvalue weighted by Crippen LogP contribution is 2.75. The van der Waals surface area contributed by atoms with Crippen molar-refractivity contribution in [3.63, 3.8) is 0 Å². The minimum Gasteiger partial charge on any atom is -0.550 e. The van der Waals surface area contributed by atoms with Gasteiger partial charge in [-0.15, -0.1) is 0 Å². The normalized spacial score (nSPS) is 54.1. The maximum atomic E-state index is 14.2. The minimum absolute atomic E-state index is 0.0419. The fraction of sp³-hybridized carbons (Fsp3) is 0.867. The van der Waals surface area contributed by atoms with Gasteiger partial charge in [0.25, 0.3) is 0 Å². The Labute approximate surface area is 206 Å². The van der Waals surface area contributed by atoms with Gasteiger partial charge in [-0.2, -0.15) is 0 Å². The number of aliphatic carboxylic acids is 1. The molecule has 34 heavy (non-hydrogen) atoms. The van der Waals surface area contributed by atoms with Crippen LogP contribution < -0.4 is 5.11 Å². The summed E-state index contributed by atoms with van der Waals surface area (Å²) in [5.74, 6) is -0.266. The molecule has 0 aromatic carbocycles. The van der Waals surface area contributed by atoms with E-state index in [-0.39, 0.29) is 50.8 Å².